The highest BCUT2D eigenvalue weighted by Crippen LogP contribution is 2.32. The van der Waals surface area contributed by atoms with E-state index in [2.05, 4.69) is 10.4 Å². The Balaban J connectivity index is 1.79. The molecule has 0 radical (unpaired) electrons. The van der Waals surface area contributed by atoms with Gasteiger partial charge in [-0.15, -0.1) is 11.3 Å². The maximum atomic E-state index is 12.3. The first-order valence-electron chi connectivity index (χ1n) is 8.54. The molecule has 0 saturated heterocycles. The number of ether oxygens (including phenoxy) is 1. The molecule has 0 atom stereocenters. The normalized spacial score (nSPS) is 11.1. The summed E-state index contributed by atoms with van der Waals surface area (Å²) in [6.07, 6.45) is 0. The number of hydrogen-bond acceptors (Lipinski definition) is 5. The van der Waals surface area contributed by atoms with Crippen molar-refractivity contribution < 1.29 is 14.3 Å². The summed E-state index contributed by atoms with van der Waals surface area (Å²) in [5.74, 6) is -0.499. The van der Waals surface area contributed by atoms with Crippen LogP contribution in [0.5, 0.6) is 0 Å². The second kappa shape index (κ2) is 8.10. The number of halogens is 1. The summed E-state index contributed by atoms with van der Waals surface area (Å²) < 4.78 is 6.86. The summed E-state index contributed by atoms with van der Waals surface area (Å²) in [6, 6.07) is 9.12. The molecule has 3 aromatic rings. The lowest BCUT2D eigenvalue weighted by Gasteiger charge is -2.07. The molecule has 27 heavy (non-hydrogen) atoms. The van der Waals surface area contributed by atoms with Gasteiger partial charge in [0.05, 0.1) is 16.4 Å². The van der Waals surface area contributed by atoms with Gasteiger partial charge in [0, 0.05) is 11.9 Å². The lowest BCUT2D eigenvalue weighted by molar-refractivity contribution is -0.124. The minimum atomic E-state index is -0.527. The van der Waals surface area contributed by atoms with Gasteiger partial charge in [-0.05, 0) is 31.0 Å². The minimum Gasteiger partial charge on any atom is -0.451 e. The van der Waals surface area contributed by atoms with Gasteiger partial charge in [-0.25, -0.2) is 9.48 Å². The topological polar surface area (TPSA) is 73.2 Å². The number of aromatic nitrogens is 2. The molecule has 0 aliphatic carbocycles. The molecule has 0 aliphatic heterocycles. The van der Waals surface area contributed by atoms with Gasteiger partial charge >= 0.3 is 5.97 Å². The number of nitrogens with one attached hydrogen (secondary N) is 1. The maximum absolute atomic E-state index is 12.3. The van der Waals surface area contributed by atoms with Crippen LogP contribution in [-0.2, 0) is 9.53 Å². The van der Waals surface area contributed by atoms with Gasteiger partial charge in [0.2, 0.25) is 0 Å². The number of carbonyl (C=O) groups is 2. The Morgan fingerprint density at radius 1 is 1.33 bits per heavy atom. The van der Waals surface area contributed by atoms with E-state index in [1.165, 1.54) is 11.3 Å². The highest BCUT2D eigenvalue weighted by atomic mass is 35.5. The Hall–Kier alpha value is -2.38. The van der Waals surface area contributed by atoms with Gasteiger partial charge in [-0.1, -0.05) is 37.6 Å². The van der Waals surface area contributed by atoms with E-state index in [0.717, 1.165) is 21.6 Å². The van der Waals surface area contributed by atoms with Crippen molar-refractivity contribution in [1.29, 1.82) is 0 Å². The molecule has 8 heteroatoms. The van der Waals surface area contributed by atoms with E-state index < -0.39 is 5.97 Å². The van der Waals surface area contributed by atoms with Gasteiger partial charge in [-0.2, -0.15) is 5.10 Å². The minimum absolute atomic E-state index is 0.296. The van der Waals surface area contributed by atoms with E-state index in [0.29, 0.717) is 22.4 Å². The monoisotopic (exact) mass is 405 g/mol. The van der Waals surface area contributed by atoms with E-state index in [4.69, 9.17) is 16.3 Å². The highest BCUT2D eigenvalue weighted by Gasteiger charge is 2.19. The van der Waals surface area contributed by atoms with Crippen LogP contribution >= 0.6 is 22.9 Å². The molecular weight excluding hydrogens is 386 g/mol. The van der Waals surface area contributed by atoms with Crippen molar-refractivity contribution >= 4 is 45.0 Å². The number of thiophene rings is 1. The molecule has 6 nitrogen and oxygen atoms in total. The first-order chi connectivity index (χ1) is 12.9. The fourth-order valence-electron chi connectivity index (χ4n) is 2.51. The number of rotatable bonds is 6. The van der Waals surface area contributed by atoms with Gasteiger partial charge < -0.3 is 10.1 Å². The summed E-state index contributed by atoms with van der Waals surface area (Å²) >= 11 is 7.54. The Labute approximate surface area is 166 Å². The van der Waals surface area contributed by atoms with Crippen LogP contribution < -0.4 is 5.32 Å². The van der Waals surface area contributed by atoms with Crippen LogP contribution in [0, 0.1) is 12.8 Å². The molecule has 3 rings (SSSR count). The number of benzene rings is 1. The Morgan fingerprint density at radius 2 is 2.07 bits per heavy atom. The van der Waals surface area contributed by atoms with E-state index in [1.54, 1.807) is 16.8 Å². The van der Waals surface area contributed by atoms with Gasteiger partial charge in [0.1, 0.15) is 9.71 Å². The summed E-state index contributed by atoms with van der Waals surface area (Å²) in [5, 5.41) is 8.67. The van der Waals surface area contributed by atoms with Crippen LogP contribution in [0.1, 0.15) is 29.2 Å². The molecule has 2 heterocycles. The first kappa shape index (κ1) is 19.4. The molecule has 0 unspecified atom stereocenters. The van der Waals surface area contributed by atoms with Crippen LogP contribution in [-0.4, -0.2) is 34.8 Å². The predicted molar refractivity (Wildman–Crippen MR) is 107 cm³/mol. The molecule has 1 amide bonds. The van der Waals surface area contributed by atoms with Crippen molar-refractivity contribution in [2.45, 2.75) is 20.8 Å². The average molecular weight is 406 g/mol. The third-order valence-corrected chi connectivity index (χ3v) is 5.28. The molecule has 0 saturated carbocycles. The fraction of sp³-hybridized carbons (Fsp3) is 0.316. The molecule has 0 aliphatic rings. The lowest BCUT2D eigenvalue weighted by Crippen LogP contribution is -2.31. The molecule has 142 valence electrons. The predicted octanol–water partition coefficient (Wildman–Crippen LogP) is 3.98. The van der Waals surface area contributed by atoms with Crippen molar-refractivity contribution in [3.63, 3.8) is 0 Å². The van der Waals surface area contributed by atoms with E-state index in [-0.39, 0.29) is 12.5 Å². The SMILES string of the molecule is Cc1nn(-c2ccccc2Cl)c2sc(C(=O)OCC(=O)NCC(C)C)cc12. The third kappa shape index (κ3) is 4.31. The molecule has 0 bridgehead atoms. The molecular formula is C19H20ClN3O3S. The van der Waals surface area contributed by atoms with Gasteiger partial charge in [0.25, 0.3) is 5.91 Å². The summed E-state index contributed by atoms with van der Waals surface area (Å²) in [6.45, 7) is 6.11. The Morgan fingerprint density at radius 3 is 2.78 bits per heavy atom. The Bertz CT molecular complexity index is 993. The van der Waals surface area contributed by atoms with Crippen LogP contribution in [0.4, 0.5) is 0 Å². The summed E-state index contributed by atoms with van der Waals surface area (Å²) in [5.41, 5.74) is 1.53. The zero-order valence-corrected chi connectivity index (χ0v) is 16.9. The van der Waals surface area contributed by atoms with Crippen LogP contribution in [0.3, 0.4) is 0 Å². The summed E-state index contributed by atoms with van der Waals surface area (Å²) in [7, 11) is 0. The lowest BCUT2D eigenvalue weighted by atomic mass is 10.2. The van der Waals surface area contributed by atoms with Gasteiger partial charge in [-0.3, -0.25) is 4.79 Å². The number of aryl methyl sites for hydroxylation is 1. The summed E-state index contributed by atoms with van der Waals surface area (Å²) in [4.78, 5) is 25.3. The average Bonchev–Trinajstić information content (AvgIpc) is 3.19. The molecule has 1 N–H and O–H groups in total. The van der Waals surface area contributed by atoms with Crippen molar-refractivity contribution in [3.05, 3.63) is 45.9 Å². The number of para-hydroxylation sites is 1. The number of fused-ring (bicyclic) bond motifs is 1. The zero-order chi connectivity index (χ0) is 19.6. The number of nitrogens with zero attached hydrogens (tertiary/aromatic N) is 2. The van der Waals surface area contributed by atoms with Crippen LogP contribution in [0.2, 0.25) is 5.02 Å². The maximum Gasteiger partial charge on any atom is 0.348 e. The number of esters is 1. The fourth-order valence-corrected chi connectivity index (χ4v) is 3.79. The van der Waals surface area contributed by atoms with Crippen LogP contribution in [0.25, 0.3) is 15.9 Å². The standard InChI is InChI=1S/C19H20ClN3O3S/c1-11(2)9-21-17(24)10-26-19(25)16-8-13-12(3)22-23(18(13)27-16)15-7-5-4-6-14(15)20/h4-8,11H,9-10H2,1-3H3,(H,21,24). The Kier molecular flexibility index (Phi) is 5.82. The van der Waals surface area contributed by atoms with Crippen molar-refractivity contribution in [1.82, 2.24) is 15.1 Å². The van der Waals surface area contributed by atoms with Crippen molar-refractivity contribution in [2.75, 3.05) is 13.2 Å². The highest BCUT2D eigenvalue weighted by molar-refractivity contribution is 7.20. The van der Waals surface area contributed by atoms with Gasteiger partial charge in [0.15, 0.2) is 6.61 Å². The second-order valence-electron chi connectivity index (χ2n) is 6.55. The number of amides is 1. The van der Waals surface area contributed by atoms with Crippen LogP contribution in [0.15, 0.2) is 30.3 Å². The van der Waals surface area contributed by atoms with Crippen molar-refractivity contribution in [2.24, 2.45) is 5.92 Å². The quantitative estimate of drug-likeness (QED) is 0.629. The largest absolute Gasteiger partial charge is 0.451 e. The zero-order valence-electron chi connectivity index (χ0n) is 15.3. The van der Waals surface area contributed by atoms with Crippen molar-refractivity contribution in [3.8, 4) is 5.69 Å². The second-order valence-corrected chi connectivity index (χ2v) is 7.99. The number of carbonyl (C=O) groups excluding carboxylic acids is 2. The molecule has 0 fully saturated rings. The molecule has 2 aromatic heterocycles. The van der Waals surface area contributed by atoms with E-state index in [9.17, 15) is 9.59 Å². The molecule has 0 spiro atoms. The van der Waals surface area contributed by atoms with E-state index >= 15 is 0 Å². The number of hydrogen-bond donors (Lipinski definition) is 1. The smallest absolute Gasteiger partial charge is 0.348 e. The third-order valence-electron chi connectivity index (χ3n) is 3.87. The first-order valence-corrected chi connectivity index (χ1v) is 9.74. The molecule has 1 aromatic carbocycles. The van der Waals surface area contributed by atoms with E-state index in [1.807, 2.05) is 39.0 Å².